The number of amides is 1. The Morgan fingerprint density at radius 3 is 2.57 bits per heavy atom. The number of aryl methyl sites for hydroxylation is 1. The van der Waals surface area contributed by atoms with E-state index < -0.39 is 10.8 Å². The van der Waals surface area contributed by atoms with Crippen molar-refractivity contribution in [2.75, 3.05) is 13.1 Å². The van der Waals surface area contributed by atoms with Crippen molar-refractivity contribution in [3.8, 4) is 0 Å². The Hall–Kier alpha value is -2.06. The summed E-state index contributed by atoms with van der Waals surface area (Å²) in [6, 6.07) is 4.36. The van der Waals surface area contributed by atoms with Crippen LogP contribution < -0.4 is 5.32 Å². The van der Waals surface area contributed by atoms with E-state index in [9.17, 15) is 14.9 Å². The van der Waals surface area contributed by atoms with Gasteiger partial charge in [0.25, 0.3) is 11.6 Å². The standard InChI is InChI=1S/C15H19N3O4S/c1-9-4-5-12(6-13(9)18(20)21)14(19)16-15(23)17-7-10(2)22-11(3)8-17/h4-6,10-11H,7-8H2,1-3H3,(H,16,19,23)/t10-,11-/m1/s1. The lowest BCUT2D eigenvalue weighted by Gasteiger charge is -2.36. The fourth-order valence-corrected chi connectivity index (χ4v) is 2.78. The molecule has 1 aliphatic heterocycles. The van der Waals surface area contributed by atoms with Crippen LogP contribution in [0.2, 0.25) is 0 Å². The van der Waals surface area contributed by atoms with Crippen LogP contribution in [0.3, 0.4) is 0 Å². The van der Waals surface area contributed by atoms with Crippen LogP contribution in [0.4, 0.5) is 5.69 Å². The first-order valence-electron chi connectivity index (χ1n) is 7.28. The third-order valence-corrected chi connectivity index (χ3v) is 3.96. The number of nitro groups is 1. The molecule has 2 rings (SSSR count). The zero-order valence-corrected chi connectivity index (χ0v) is 14.1. The molecular weight excluding hydrogens is 318 g/mol. The van der Waals surface area contributed by atoms with Crippen molar-refractivity contribution in [1.82, 2.24) is 10.2 Å². The van der Waals surface area contributed by atoms with E-state index in [0.29, 0.717) is 23.8 Å². The van der Waals surface area contributed by atoms with Gasteiger partial charge in [-0.1, -0.05) is 6.07 Å². The van der Waals surface area contributed by atoms with E-state index >= 15 is 0 Å². The fraction of sp³-hybridized carbons (Fsp3) is 0.467. The minimum atomic E-state index is -0.504. The van der Waals surface area contributed by atoms with Crippen molar-refractivity contribution in [3.63, 3.8) is 0 Å². The Bertz CT molecular complexity index is 640. The quantitative estimate of drug-likeness (QED) is 0.505. The van der Waals surface area contributed by atoms with Crippen LogP contribution in [0, 0.1) is 17.0 Å². The number of thiocarbonyl (C=S) groups is 1. The largest absolute Gasteiger partial charge is 0.372 e. The maximum absolute atomic E-state index is 12.3. The van der Waals surface area contributed by atoms with E-state index in [-0.39, 0.29) is 23.5 Å². The summed E-state index contributed by atoms with van der Waals surface area (Å²) < 4.78 is 5.62. The Labute approximate surface area is 139 Å². The summed E-state index contributed by atoms with van der Waals surface area (Å²) >= 11 is 5.27. The van der Waals surface area contributed by atoms with Gasteiger partial charge in [-0.05, 0) is 39.1 Å². The van der Waals surface area contributed by atoms with Crippen LogP contribution in [0.25, 0.3) is 0 Å². The van der Waals surface area contributed by atoms with Gasteiger partial charge < -0.3 is 9.64 Å². The lowest BCUT2D eigenvalue weighted by atomic mass is 10.1. The molecule has 1 aromatic rings. The van der Waals surface area contributed by atoms with Crippen molar-refractivity contribution in [2.24, 2.45) is 0 Å². The molecule has 1 heterocycles. The van der Waals surface area contributed by atoms with Gasteiger partial charge >= 0.3 is 0 Å². The van der Waals surface area contributed by atoms with Gasteiger partial charge in [-0.3, -0.25) is 20.2 Å². The van der Waals surface area contributed by atoms with Crippen molar-refractivity contribution in [3.05, 3.63) is 39.4 Å². The first-order valence-corrected chi connectivity index (χ1v) is 7.69. The van der Waals surface area contributed by atoms with Crippen molar-refractivity contribution in [1.29, 1.82) is 0 Å². The number of carbonyl (C=O) groups is 1. The highest BCUT2D eigenvalue weighted by Crippen LogP contribution is 2.19. The Morgan fingerprint density at radius 1 is 1.39 bits per heavy atom. The summed E-state index contributed by atoms with van der Waals surface area (Å²) in [4.78, 5) is 24.6. The Balaban J connectivity index is 2.08. The second kappa shape index (κ2) is 7.01. The SMILES string of the molecule is Cc1ccc(C(=O)NC(=S)N2C[C@@H](C)O[C@H](C)C2)cc1[N+](=O)[O-]. The monoisotopic (exact) mass is 337 g/mol. The fourth-order valence-electron chi connectivity index (χ4n) is 2.54. The number of carbonyl (C=O) groups excluding carboxylic acids is 1. The number of benzene rings is 1. The van der Waals surface area contributed by atoms with Crippen LogP contribution in [-0.4, -0.2) is 46.1 Å². The molecule has 1 saturated heterocycles. The molecule has 0 aromatic heterocycles. The predicted molar refractivity (Wildman–Crippen MR) is 89.5 cm³/mol. The van der Waals surface area contributed by atoms with Crippen molar-refractivity contribution < 1.29 is 14.5 Å². The van der Waals surface area contributed by atoms with Crippen LogP contribution in [0.5, 0.6) is 0 Å². The highest BCUT2D eigenvalue weighted by Gasteiger charge is 2.25. The molecule has 0 aliphatic carbocycles. The molecule has 2 atom stereocenters. The number of hydrogen-bond acceptors (Lipinski definition) is 5. The zero-order chi connectivity index (χ0) is 17.1. The average molecular weight is 337 g/mol. The molecule has 0 saturated carbocycles. The molecule has 8 heteroatoms. The smallest absolute Gasteiger partial charge is 0.273 e. The maximum atomic E-state index is 12.3. The molecular formula is C15H19N3O4S. The number of nitrogens with one attached hydrogen (secondary N) is 1. The Kier molecular flexibility index (Phi) is 5.27. The molecule has 0 unspecified atom stereocenters. The predicted octanol–water partition coefficient (Wildman–Crippen LogP) is 2.03. The number of ether oxygens (including phenoxy) is 1. The topological polar surface area (TPSA) is 84.7 Å². The lowest BCUT2D eigenvalue weighted by Crippen LogP contribution is -2.52. The summed E-state index contributed by atoms with van der Waals surface area (Å²) in [6.45, 7) is 6.70. The third-order valence-electron chi connectivity index (χ3n) is 3.60. The third kappa shape index (κ3) is 4.23. The molecule has 1 N–H and O–H groups in total. The van der Waals surface area contributed by atoms with Crippen LogP contribution >= 0.6 is 12.2 Å². The number of hydrogen-bond donors (Lipinski definition) is 1. The van der Waals surface area contributed by atoms with Gasteiger partial charge in [0.15, 0.2) is 5.11 Å². The molecule has 0 radical (unpaired) electrons. The summed E-state index contributed by atoms with van der Waals surface area (Å²) in [6.07, 6.45) is 0.0446. The molecule has 7 nitrogen and oxygen atoms in total. The highest BCUT2D eigenvalue weighted by molar-refractivity contribution is 7.80. The number of rotatable bonds is 2. The molecule has 0 spiro atoms. The van der Waals surface area contributed by atoms with E-state index in [0.717, 1.165) is 0 Å². The van der Waals surface area contributed by atoms with Gasteiger partial charge in [-0.15, -0.1) is 0 Å². The number of morpholine rings is 1. The molecule has 0 bridgehead atoms. The first-order chi connectivity index (χ1) is 10.8. The van der Waals surface area contributed by atoms with Gasteiger partial charge in [-0.25, -0.2) is 0 Å². The van der Waals surface area contributed by atoms with E-state index in [2.05, 4.69) is 5.32 Å². The van der Waals surface area contributed by atoms with Gasteiger partial charge in [0.1, 0.15) is 0 Å². The summed E-state index contributed by atoms with van der Waals surface area (Å²) in [5.74, 6) is -0.454. The Morgan fingerprint density at radius 2 is 2.00 bits per heavy atom. The van der Waals surface area contributed by atoms with Gasteiger partial charge in [0.05, 0.1) is 17.1 Å². The molecule has 1 aromatic carbocycles. The summed E-state index contributed by atoms with van der Waals surface area (Å²) in [7, 11) is 0. The maximum Gasteiger partial charge on any atom is 0.273 e. The summed E-state index contributed by atoms with van der Waals surface area (Å²) in [5, 5.41) is 13.9. The van der Waals surface area contributed by atoms with Gasteiger partial charge in [0, 0.05) is 30.3 Å². The van der Waals surface area contributed by atoms with Crippen molar-refractivity contribution >= 4 is 28.9 Å². The summed E-state index contributed by atoms with van der Waals surface area (Å²) in [5.41, 5.74) is 0.626. The number of nitrogens with zero attached hydrogens (tertiary/aromatic N) is 2. The van der Waals surface area contributed by atoms with Gasteiger partial charge in [-0.2, -0.15) is 0 Å². The van der Waals surface area contributed by atoms with Gasteiger partial charge in [0.2, 0.25) is 0 Å². The highest BCUT2D eigenvalue weighted by atomic mass is 32.1. The zero-order valence-electron chi connectivity index (χ0n) is 13.2. The molecule has 1 fully saturated rings. The van der Waals surface area contributed by atoms with E-state index in [1.54, 1.807) is 19.1 Å². The first kappa shape index (κ1) is 17.3. The van der Waals surface area contributed by atoms with Crippen LogP contribution in [-0.2, 0) is 4.74 Å². The second-order valence-corrected chi connectivity index (χ2v) is 6.07. The van der Waals surface area contributed by atoms with Crippen LogP contribution in [0.1, 0.15) is 29.8 Å². The van der Waals surface area contributed by atoms with E-state index in [4.69, 9.17) is 17.0 Å². The number of nitro benzene ring substituents is 1. The minimum Gasteiger partial charge on any atom is -0.372 e. The normalized spacial score (nSPS) is 20.9. The van der Waals surface area contributed by atoms with E-state index in [1.165, 1.54) is 6.07 Å². The van der Waals surface area contributed by atoms with Crippen molar-refractivity contribution in [2.45, 2.75) is 33.0 Å². The molecule has 1 amide bonds. The van der Waals surface area contributed by atoms with E-state index in [1.807, 2.05) is 18.7 Å². The second-order valence-electron chi connectivity index (χ2n) is 5.68. The minimum absolute atomic E-state index is 0.0223. The molecule has 23 heavy (non-hydrogen) atoms. The molecule has 124 valence electrons. The lowest BCUT2D eigenvalue weighted by molar-refractivity contribution is -0.385. The average Bonchev–Trinajstić information content (AvgIpc) is 2.46. The van der Waals surface area contributed by atoms with Crippen LogP contribution in [0.15, 0.2) is 18.2 Å². The molecule has 1 aliphatic rings.